The highest BCUT2D eigenvalue weighted by Gasteiger charge is 2.18. The Morgan fingerprint density at radius 2 is 1.63 bits per heavy atom. The molecule has 0 fully saturated rings. The molecule has 3 aromatic heterocycles. The van der Waals surface area contributed by atoms with Crippen LogP contribution in [0, 0.1) is 0 Å². The molecule has 6 nitrogen and oxygen atoms in total. The summed E-state index contributed by atoms with van der Waals surface area (Å²) in [5.41, 5.74) is 12.5. The van der Waals surface area contributed by atoms with Gasteiger partial charge in [-0.1, -0.05) is 30.3 Å². The zero-order valence-electron chi connectivity index (χ0n) is 16.4. The van der Waals surface area contributed by atoms with E-state index < -0.39 is 0 Å². The van der Waals surface area contributed by atoms with E-state index in [1.54, 1.807) is 6.20 Å². The monoisotopic (exact) mass is 392 g/mol. The SMILES string of the molecule is CNc1ccc(-n2c(-c3cccnc3N)nc3ccc(-c4ccccc4)nc32)cc1. The number of nitrogen functional groups attached to an aromatic ring is 1. The zero-order chi connectivity index (χ0) is 20.5. The van der Waals surface area contributed by atoms with E-state index in [2.05, 4.69) is 22.4 Å². The first-order valence-corrected chi connectivity index (χ1v) is 9.68. The molecule has 0 unspecified atom stereocenters. The predicted octanol–water partition coefficient (Wildman–Crippen LogP) is 4.77. The summed E-state index contributed by atoms with van der Waals surface area (Å²) >= 11 is 0. The molecule has 0 radical (unpaired) electrons. The van der Waals surface area contributed by atoms with Gasteiger partial charge in [-0.3, -0.25) is 4.57 Å². The fourth-order valence-corrected chi connectivity index (χ4v) is 3.54. The summed E-state index contributed by atoms with van der Waals surface area (Å²) < 4.78 is 2.04. The molecule has 0 aliphatic carbocycles. The van der Waals surface area contributed by atoms with Gasteiger partial charge in [0.15, 0.2) is 11.5 Å². The molecule has 3 N–H and O–H groups in total. The van der Waals surface area contributed by atoms with Crippen molar-refractivity contribution in [3.05, 3.63) is 85.1 Å². The molecular weight excluding hydrogens is 372 g/mol. The van der Waals surface area contributed by atoms with Crippen LogP contribution in [0.25, 0.3) is 39.5 Å². The van der Waals surface area contributed by atoms with Gasteiger partial charge in [0.2, 0.25) is 0 Å². The van der Waals surface area contributed by atoms with Crippen molar-refractivity contribution in [2.45, 2.75) is 0 Å². The maximum Gasteiger partial charge on any atom is 0.165 e. The van der Waals surface area contributed by atoms with Crippen molar-refractivity contribution in [2.75, 3.05) is 18.1 Å². The number of pyridine rings is 2. The van der Waals surface area contributed by atoms with E-state index in [0.717, 1.165) is 39.4 Å². The quantitative estimate of drug-likeness (QED) is 0.460. The van der Waals surface area contributed by atoms with Crippen LogP contribution in [0.2, 0.25) is 0 Å². The Labute approximate surface area is 174 Å². The minimum atomic E-state index is 0.434. The number of aromatic nitrogens is 4. The number of benzene rings is 2. The van der Waals surface area contributed by atoms with Gasteiger partial charge in [0.1, 0.15) is 11.3 Å². The molecule has 0 spiro atoms. The first-order chi connectivity index (χ1) is 14.7. The summed E-state index contributed by atoms with van der Waals surface area (Å²) in [5, 5.41) is 3.15. The van der Waals surface area contributed by atoms with Crippen LogP contribution in [-0.4, -0.2) is 26.6 Å². The average Bonchev–Trinajstić information content (AvgIpc) is 3.18. The highest BCUT2D eigenvalue weighted by Crippen LogP contribution is 2.31. The summed E-state index contributed by atoms with van der Waals surface area (Å²) in [7, 11) is 1.90. The summed E-state index contributed by atoms with van der Waals surface area (Å²) in [6.45, 7) is 0. The van der Waals surface area contributed by atoms with Crippen LogP contribution < -0.4 is 11.1 Å². The lowest BCUT2D eigenvalue weighted by molar-refractivity contribution is 1.08. The summed E-state index contributed by atoms with van der Waals surface area (Å²) in [6.07, 6.45) is 1.68. The van der Waals surface area contributed by atoms with Crippen molar-refractivity contribution in [1.82, 2.24) is 19.5 Å². The van der Waals surface area contributed by atoms with Crippen molar-refractivity contribution >= 4 is 22.7 Å². The molecular formula is C24H20N6. The van der Waals surface area contributed by atoms with Crippen LogP contribution in [0.15, 0.2) is 85.1 Å². The molecule has 0 saturated carbocycles. The van der Waals surface area contributed by atoms with Crippen LogP contribution in [0.4, 0.5) is 11.5 Å². The summed E-state index contributed by atoms with van der Waals surface area (Å²) in [4.78, 5) is 14.1. The van der Waals surface area contributed by atoms with Crippen LogP contribution in [0.3, 0.4) is 0 Å². The van der Waals surface area contributed by atoms with Crippen molar-refractivity contribution in [3.8, 4) is 28.3 Å². The van der Waals surface area contributed by atoms with Crippen molar-refractivity contribution in [1.29, 1.82) is 0 Å². The minimum Gasteiger partial charge on any atom is -0.388 e. The number of hydrogen-bond donors (Lipinski definition) is 2. The second-order valence-electron chi connectivity index (χ2n) is 6.91. The normalized spacial score (nSPS) is 11.0. The van der Waals surface area contributed by atoms with Gasteiger partial charge in [0.05, 0.1) is 11.3 Å². The van der Waals surface area contributed by atoms with Crippen LogP contribution in [0.1, 0.15) is 0 Å². The first-order valence-electron chi connectivity index (χ1n) is 9.68. The maximum absolute atomic E-state index is 6.19. The number of imidazole rings is 1. The van der Waals surface area contributed by atoms with E-state index in [9.17, 15) is 0 Å². The molecule has 146 valence electrons. The Morgan fingerprint density at radius 1 is 0.833 bits per heavy atom. The molecule has 3 heterocycles. The predicted molar refractivity (Wildman–Crippen MR) is 121 cm³/mol. The number of nitrogens with two attached hydrogens (primary N) is 1. The fourth-order valence-electron chi connectivity index (χ4n) is 3.54. The van der Waals surface area contributed by atoms with Crippen molar-refractivity contribution in [2.24, 2.45) is 0 Å². The molecule has 0 aliphatic rings. The topological polar surface area (TPSA) is 81.7 Å². The molecule has 0 amide bonds. The Morgan fingerprint density at radius 3 is 2.37 bits per heavy atom. The van der Waals surface area contributed by atoms with E-state index in [1.807, 2.05) is 78.3 Å². The van der Waals surface area contributed by atoms with E-state index in [1.165, 1.54) is 0 Å². The Bertz CT molecular complexity index is 1320. The van der Waals surface area contributed by atoms with E-state index in [4.69, 9.17) is 15.7 Å². The smallest absolute Gasteiger partial charge is 0.165 e. The molecule has 2 aromatic carbocycles. The Hall–Kier alpha value is -4.19. The maximum atomic E-state index is 6.19. The number of fused-ring (bicyclic) bond motifs is 1. The van der Waals surface area contributed by atoms with E-state index in [0.29, 0.717) is 11.6 Å². The minimum absolute atomic E-state index is 0.434. The number of nitrogens with one attached hydrogen (secondary N) is 1. The second kappa shape index (κ2) is 7.33. The highest BCUT2D eigenvalue weighted by atomic mass is 15.1. The van der Waals surface area contributed by atoms with Crippen LogP contribution in [0.5, 0.6) is 0 Å². The average molecular weight is 392 g/mol. The molecule has 6 heteroatoms. The van der Waals surface area contributed by atoms with Crippen LogP contribution in [-0.2, 0) is 0 Å². The fraction of sp³-hybridized carbons (Fsp3) is 0.0417. The first kappa shape index (κ1) is 17.9. The third-order valence-electron chi connectivity index (χ3n) is 5.07. The molecule has 5 rings (SSSR count). The molecule has 0 atom stereocenters. The van der Waals surface area contributed by atoms with Gasteiger partial charge >= 0.3 is 0 Å². The largest absolute Gasteiger partial charge is 0.388 e. The van der Waals surface area contributed by atoms with E-state index in [-0.39, 0.29) is 0 Å². The summed E-state index contributed by atoms with van der Waals surface area (Å²) in [6, 6.07) is 26.0. The standard InChI is InChI=1S/C24H20N6/c1-26-17-9-11-18(12-10-17)30-23(19-8-5-15-27-22(19)25)29-21-14-13-20(28-24(21)30)16-6-3-2-4-7-16/h2-15,26H,1H3,(H2,25,27). The third kappa shape index (κ3) is 3.04. The van der Waals surface area contributed by atoms with Gasteiger partial charge in [0, 0.05) is 30.2 Å². The zero-order valence-corrected chi connectivity index (χ0v) is 16.4. The number of anilines is 2. The van der Waals surface area contributed by atoms with Crippen molar-refractivity contribution in [3.63, 3.8) is 0 Å². The molecule has 0 aliphatic heterocycles. The lowest BCUT2D eigenvalue weighted by Gasteiger charge is -2.11. The number of nitrogens with zero attached hydrogens (tertiary/aromatic N) is 4. The molecule has 30 heavy (non-hydrogen) atoms. The Kier molecular flexibility index (Phi) is 4.37. The van der Waals surface area contributed by atoms with E-state index >= 15 is 0 Å². The Balaban J connectivity index is 1.79. The van der Waals surface area contributed by atoms with Gasteiger partial charge in [0.25, 0.3) is 0 Å². The lowest BCUT2D eigenvalue weighted by Crippen LogP contribution is -2.02. The molecule has 0 bridgehead atoms. The number of rotatable bonds is 4. The van der Waals surface area contributed by atoms with Crippen molar-refractivity contribution < 1.29 is 0 Å². The highest BCUT2D eigenvalue weighted by molar-refractivity contribution is 5.84. The lowest BCUT2D eigenvalue weighted by atomic mass is 10.1. The number of hydrogen-bond acceptors (Lipinski definition) is 5. The van der Waals surface area contributed by atoms with Gasteiger partial charge in [-0.15, -0.1) is 0 Å². The molecule has 0 saturated heterocycles. The van der Waals surface area contributed by atoms with Gasteiger partial charge in [-0.05, 0) is 48.5 Å². The summed E-state index contributed by atoms with van der Waals surface area (Å²) in [5.74, 6) is 1.15. The second-order valence-corrected chi connectivity index (χ2v) is 6.91. The third-order valence-corrected chi connectivity index (χ3v) is 5.07. The van der Waals surface area contributed by atoms with Gasteiger partial charge in [-0.25, -0.2) is 15.0 Å². The van der Waals surface area contributed by atoms with Gasteiger partial charge < -0.3 is 11.1 Å². The van der Waals surface area contributed by atoms with Crippen LogP contribution >= 0.6 is 0 Å². The van der Waals surface area contributed by atoms with Gasteiger partial charge in [-0.2, -0.15) is 0 Å². The molecule has 5 aromatic rings.